The van der Waals surface area contributed by atoms with E-state index in [-0.39, 0.29) is 56.9 Å². The molecule has 2 aliphatic heterocycles. The highest BCUT2D eigenvalue weighted by Crippen LogP contribution is 2.42. The minimum atomic E-state index is -4.53. The van der Waals surface area contributed by atoms with E-state index < -0.39 is 81.0 Å². The molecule has 0 saturated carbocycles. The van der Waals surface area contributed by atoms with Gasteiger partial charge in [-0.1, -0.05) is 66.4 Å². The van der Waals surface area contributed by atoms with E-state index in [4.69, 9.17) is 26.0 Å². The van der Waals surface area contributed by atoms with Gasteiger partial charge in [0.05, 0.1) is 28.0 Å². The van der Waals surface area contributed by atoms with Crippen molar-refractivity contribution in [2.24, 2.45) is 0 Å². The zero-order valence-electron chi connectivity index (χ0n) is 47.1. The van der Waals surface area contributed by atoms with Gasteiger partial charge in [-0.15, -0.1) is 0 Å². The molecule has 23 heteroatoms. The number of nitrogens with zero attached hydrogens (tertiary/aromatic N) is 3. The molecule has 4 aromatic rings. The molecule has 3 aromatic carbocycles. The number of aromatic nitrogens is 1. The molecule has 0 aliphatic carbocycles. The van der Waals surface area contributed by atoms with Crippen molar-refractivity contribution in [3.8, 4) is 0 Å². The Morgan fingerprint density at radius 2 is 1.36 bits per heavy atom. The lowest BCUT2D eigenvalue weighted by atomic mass is 9.96. The summed E-state index contributed by atoms with van der Waals surface area (Å²) in [6, 6.07) is 16.9. The molecule has 6 N–H and O–H groups in total. The zero-order chi connectivity index (χ0) is 58.7. The first kappa shape index (κ1) is 62.6. The van der Waals surface area contributed by atoms with E-state index >= 15 is 9.59 Å². The van der Waals surface area contributed by atoms with Crippen molar-refractivity contribution in [3.63, 3.8) is 0 Å². The summed E-state index contributed by atoms with van der Waals surface area (Å²) in [4.78, 5) is 86.2. The Kier molecular flexibility index (Phi) is 21.0. The predicted octanol–water partition coefficient (Wildman–Crippen LogP) is 8.67. The number of halogens is 1. The van der Waals surface area contributed by atoms with Gasteiger partial charge in [-0.3, -0.25) is 27.9 Å². The molecule has 5 amide bonds. The number of unbranched alkanes of at least 4 members (excludes halogenated alkanes) is 1. The van der Waals surface area contributed by atoms with Gasteiger partial charge in [-0.05, 0) is 141 Å². The van der Waals surface area contributed by atoms with Crippen molar-refractivity contribution in [1.29, 1.82) is 0 Å². The lowest BCUT2D eigenvalue weighted by Crippen LogP contribution is -2.57. The van der Waals surface area contributed by atoms with E-state index in [1.54, 1.807) is 98.8 Å². The molecule has 6 rings (SSSR count). The second-order valence-electron chi connectivity index (χ2n) is 22.6. The molecule has 20 nitrogen and oxygen atoms in total. The van der Waals surface area contributed by atoms with Crippen LogP contribution in [0.1, 0.15) is 111 Å². The molecule has 80 heavy (non-hydrogen) atoms. The first-order chi connectivity index (χ1) is 37.5. The van der Waals surface area contributed by atoms with Gasteiger partial charge in [0, 0.05) is 73.5 Å². The van der Waals surface area contributed by atoms with Crippen molar-refractivity contribution < 1.29 is 55.9 Å². The summed E-state index contributed by atoms with van der Waals surface area (Å²) in [7, 11) is -3.05. The standard InChI is InChI=1S/C57H75ClN8O12S2/c1-55(2,3)76-52(70)59-29-16-15-20-44-50(69)64(10)46(32-38-35-65(54(72)78-57(7,8)9)45-22-13-12-19-41(38)45)49(68)62-34-42-40(36-24-26-39(27-25-36)80(73,74)75)28-31-66(58)51(42)79-47-23-14-11-18-37(47)33-61-43(48(67)63-44)21-17-30-60-53(71)77-56(4,5)6/h11-14,18-19,22-28,35,43-44,46,61H,15-17,20-21,29-34H2,1-10H3,(H,59,70)(H,60,71)(H,62,68)(H,63,67)(H,73,74,75)/t43-,44-,46-/m0/s1. The number of rotatable bonds is 13. The fourth-order valence-corrected chi connectivity index (χ4v) is 10.8. The number of fused-ring (bicyclic) bond motifs is 2. The highest BCUT2D eigenvalue weighted by Gasteiger charge is 2.36. The highest BCUT2D eigenvalue weighted by molar-refractivity contribution is 8.03. The molecule has 0 spiro atoms. The molecule has 0 fully saturated rings. The van der Waals surface area contributed by atoms with Crippen LogP contribution in [0.15, 0.2) is 105 Å². The van der Waals surface area contributed by atoms with Crippen LogP contribution in [0.4, 0.5) is 14.4 Å². The van der Waals surface area contributed by atoms with E-state index in [1.807, 2.05) is 36.4 Å². The fourth-order valence-electron chi connectivity index (χ4n) is 8.93. The van der Waals surface area contributed by atoms with Crippen molar-refractivity contribution in [3.05, 3.63) is 112 Å². The SMILES string of the molecule is CN1C(=O)[C@H](CCCCNC(=O)OC(C)(C)C)NC(=O)[C@H](CCCNC(=O)OC(C)(C)C)NCc2ccccc2SC2=C(CNC(=O)[C@@H]1Cc1cn(C(=O)OC(C)(C)C)c3ccccc13)C(c1ccc(S(=O)(=O)O)cc1)=CCN2Cl. The summed E-state index contributed by atoms with van der Waals surface area (Å²) < 4.78 is 53.6. The van der Waals surface area contributed by atoms with Gasteiger partial charge >= 0.3 is 18.3 Å². The molecule has 0 radical (unpaired) electrons. The third-order valence-electron chi connectivity index (χ3n) is 12.7. The monoisotopic (exact) mass is 1160 g/mol. The largest absolute Gasteiger partial charge is 0.444 e. The van der Waals surface area contributed by atoms with Gasteiger partial charge in [0.25, 0.3) is 10.1 Å². The number of thioether (sulfide) groups is 1. The third-order valence-corrected chi connectivity index (χ3v) is 15.2. The molecule has 3 heterocycles. The number of ether oxygens (including phenoxy) is 3. The minimum absolute atomic E-state index is 0.0932. The molecule has 0 unspecified atom stereocenters. The van der Waals surface area contributed by atoms with Crippen LogP contribution in [0.5, 0.6) is 0 Å². The number of hydrogen-bond acceptors (Lipinski definition) is 14. The van der Waals surface area contributed by atoms with Crippen LogP contribution in [0, 0.1) is 0 Å². The molecule has 434 valence electrons. The molecule has 1 aromatic heterocycles. The molecular formula is C57H75ClN8O12S2. The van der Waals surface area contributed by atoms with Gasteiger partial charge in [0.1, 0.15) is 28.9 Å². The normalized spacial score (nSPS) is 18.3. The maximum Gasteiger partial charge on any atom is 0.419 e. The molecule has 3 atom stereocenters. The van der Waals surface area contributed by atoms with Crippen molar-refractivity contribution in [2.75, 3.05) is 33.2 Å². The zero-order valence-corrected chi connectivity index (χ0v) is 49.5. The van der Waals surface area contributed by atoms with Crippen molar-refractivity contribution in [1.82, 2.24) is 40.5 Å². The van der Waals surface area contributed by atoms with Crippen molar-refractivity contribution >= 4 is 86.1 Å². The Morgan fingerprint density at radius 3 is 2.00 bits per heavy atom. The van der Waals surface area contributed by atoms with Crippen LogP contribution in [-0.4, -0.2) is 131 Å². The number of hydrogen-bond donors (Lipinski definition) is 6. The average molecular weight is 1160 g/mol. The quantitative estimate of drug-likeness (QED) is 0.0317. The van der Waals surface area contributed by atoms with Gasteiger partial charge in [-0.2, -0.15) is 8.42 Å². The van der Waals surface area contributed by atoms with Crippen LogP contribution >= 0.6 is 23.5 Å². The number of carbonyl (C=O) groups is 6. The van der Waals surface area contributed by atoms with E-state index in [2.05, 4.69) is 26.6 Å². The summed E-state index contributed by atoms with van der Waals surface area (Å²) >= 11 is 8.42. The smallest absolute Gasteiger partial charge is 0.419 e. The number of likely N-dealkylation sites (N-methyl/N-ethyl adjacent to an activating group) is 1. The van der Waals surface area contributed by atoms with Gasteiger partial charge in [0.15, 0.2) is 0 Å². The Hall–Kier alpha value is -6.59. The maximum absolute atomic E-state index is 15.3. The van der Waals surface area contributed by atoms with E-state index in [0.717, 1.165) is 10.5 Å². The third kappa shape index (κ3) is 18.0. The molecule has 0 saturated heterocycles. The fraction of sp³-hybridized carbons (Fsp3) is 0.474. The van der Waals surface area contributed by atoms with Gasteiger partial charge in [0.2, 0.25) is 17.7 Å². The van der Waals surface area contributed by atoms with Crippen molar-refractivity contribution in [2.45, 2.75) is 152 Å². The summed E-state index contributed by atoms with van der Waals surface area (Å²) in [5, 5.41) is 16.2. The summed E-state index contributed by atoms with van der Waals surface area (Å²) in [6.07, 6.45) is 2.80. The second kappa shape index (κ2) is 26.8. The minimum Gasteiger partial charge on any atom is -0.444 e. The van der Waals surface area contributed by atoms with Gasteiger partial charge < -0.3 is 45.7 Å². The van der Waals surface area contributed by atoms with E-state index in [1.165, 1.54) is 44.8 Å². The van der Waals surface area contributed by atoms with E-state index in [0.29, 0.717) is 57.5 Å². The average Bonchev–Trinajstić information content (AvgIpc) is 3.74. The number of nitrogens with one attached hydrogen (secondary N) is 5. The Balaban J connectivity index is 1.46. The number of alkyl carbamates (subject to hydrolysis) is 2. The van der Waals surface area contributed by atoms with E-state index in [9.17, 15) is 32.1 Å². The number of amides is 5. The number of carbonyl (C=O) groups excluding carboxylic acids is 6. The van der Waals surface area contributed by atoms with Crippen LogP contribution in [0.25, 0.3) is 16.5 Å². The Labute approximate surface area is 478 Å². The molecule has 0 bridgehead atoms. The first-order valence-corrected chi connectivity index (χ1v) is 29.1. The Bertz CT molecular complexity index is 3090. The lowest BCUT2D eigenvalue weighted by Gasteiger charge is -2.32. The first-order valence-electron chi connectivity index (χ1n) is 26.5. The molecular weight excluding hydrogens is 1090 g/mol. The summed E-state index contributed by atoms with van der Waals surface area (Å²) in [5.41, 5.74) is 1.22. The molecule has 2 aliphatic rings. The lowest BCUT2D eigenvalue weighted by molar-refractivity contribution is -0.142. The predicted molar refractivity (Wildman–Crippen MR) is 307 cm³/mol. The van der Waals surface area contributed by atoms with Crippen LogP contribution in [0.3, 0.4) is 0 Å². The highest BCUT2D eigenvalue weighted by atomic mass is 35.5. The number of benzene rings is 3. The Morgan fingerprint density at radius 1 is 0.762 bits per heavy atom. The maximum atomic E-state index is 15.3. The van der Waals surface area contributed by atoms with Gasteiger partial charge in [-0.25, -0.2) is 14.4 Å². The van der Waals surface area contributed by atoms with Crippen LogP contribution < -0.4 is 26.6 Å². The van der Waals surface area contributed by atoms with Crippen LogP contribution in [0.2, 0.25) is 0 Å². The summed E-state index contributed by atoms with van der Waals surface area (Å²) in [6.45, 7) is 16.3. The number of para-hydroxylation sites is 1. The summed E-state index contributed by atoms with van der Waals surface area (Å²) in [5.74, 6) is -1.72. The van der Waals surface area contributed by atoms with Crippen LogP contribution in [-0.2, 0) is 51.7 Å². The second-order valence-corrected chi connectivity index (χ2v) is 25.4. The topological polar surface area (TPSA) is 256 Å².